The molecule has 1 N–H and O–H groups in total. The highest BCUT2D eigenvalue weighted by atomic mass is 35.5. The third-order valence-corrected chi connectivity index (χ3v) is 2.79. The van der Waals surface area contributed by atoms with Crippen LogP contribution in [0.2, 0.25) is 0 Å². The third kappa shape index (κ3) is 1.83. The van der Waals surface area contributed by atoms with E-state index in [0.717, 1.165) is 0 Å². The van der Waals surface area contributed by atoms with Crippen molar-refractivity contribution < 1.29 is 9.59 Å². The fourth-order valence-electron chi connectivity index (χ4n) is 1.64. The van der Waals surface area contributed by atoms with E-state index in [1.807, 2.05) is 0 Å². The number of halogens is 1. The first-order valence-electron chi connectivity index (χ1n) is 4.92. The molecule has 0 atom stereocenters. The average molecular weight is 246 g/mol. The minimum absolute atomic E-state index is 0.0771. The van der Waals surface area contributed by atoms with Gasteiger partial charge in [-0.05, 0) is 0 Å². The van der Waals surface area contributed by atoms with Crippen LogP contribution in [0.25, 0.3) is 0 Å². The molecule has 2 rings (SSSR count). The Kier molecular flexibility index (Phi) is 2.99. The molecule has 0 amide bonds. The first-order chi connectivity index (χ1) is 8.16. The van der Waals surface area contributed by atoms with Gasteiger partial charge in [0.1, 0.15) is 10.7 Å². The van der Waals surface area contributed by atoms with Gasteiger partial charge >= 0.3 is 0 Å². The Hall–Kier alpha value is -2.05. The summed E-state index contributed by atoms with van der Waals surface area (Å²) in [6, 6.07) is 6.56. The van der Waals surface area contributed by atoms with E-state index in [9.17, 15) is 9.59 Å². The smallest absolute Gasteiger partial charge is 0.211 e. The predicted molar refractivity (Wildman–Crippen MR) is 64.8 cm³/mol. The van der Waals surface area contributed by atoms with Crippen molar-refractivity contribution in [3.63, 3.8) is 0 Å². The highest BCUT2D eigenvalue weighted by molar-refractivity contribution is 6.49. The van der Waals surface area contributed by atoms with Crippen LogP contribution in [-0.2, 0) is 0 Å². The van der Waals surface area contributed by atoms with Crippen molar-refractivity contribution in [2.24, 2.45) is 0 Å². The van der Waals surface area contributed by atoms with E-state index < -0.39 is 0 Å². The molecule has 4 heteroatoms. The fourth-order valence-corrected chi connectivity index (χ4v) is 1.90. The van der Waals surface area contributed by atoms with Crippen LogP contribution in [0.3, 0.4) is 0 Å². The zero-order chi connectivity index (χ0) is 12.4. The second-order valence-corrected chi connectivity index (χ2v) is 3.83. The molecule has 0 heterocycles. The summed E-state index contributed by atoms with van der Waals surface area (Å²) >= 11 is 5.87. The largest absolute Gasteiger partial charge is 0.370 e. The SMILES string of the molecule is C#CCNC1=C(Cl)C(=O)c2ccccc2C1=O. The van der Waals surface area contributed by atoms with Gasteiger partial charge in [0.05, 0.1) is 6.54 Å². The van der Waals surface area contributed by atoms with Crippen molar-refractivity contribution in [1.82, 2.24) is 5.32 Å². The van der Waals surface area contributed by atoms with Crippen LogP contribution in [0.1, 0.15) is 20.7 Å². The minimum Gasteiger partial charge on any atom is -0.370 e. The topological polar surface area (TPSA) is 46.2 Å². The second-order valence-electron chi connectivity index (χ2n) is 3.45. The fraction of sp³-hybridized carbons (Fsp3) is 0.0769. The summed E-state index contributed by atoms with van der Waals surface area (Å²) in [6.07, 6.45) is 5.09. The van der Waals surface area contributed by atoms with Crippen LogP contribution < -0.4 is 5.32 Å². The number of allylic oxidation sites excluding steroid dienone is 2. The normalized spacial score (nSPS) is 14.4. The Labute approximate surface area is 103 Å². The van der Waals surface area contributed by atoms with Gasteiger partial charge in [-0.25, -0.2) is 0 Å². The van der Waals surface area contributed by atoms with E-state index >= 15 is 0 Å². The Morgan fingerprint density at radius 3 is 2.35 bits per heavy atom. The van der Waals surface area contributed by atoms with Crippen LogP contribution in [0.5, 0.6) is 0 Å². The number of hydrogen-bond acceptors (Lipinski definition) is 3. The number of ketones is 2. The number of nitrogens with one attached hydrogen (secondary N) is 1. The molecule has 0 aromatic heterocycles. The molecular weight excluding hydrogens is 238 g/mol. The van der Waals surface area contributed by atoms with E-state index in [4.69, 9.17) is 18.0 Å². The highest BCUT2D eigenvalue weighted by Crippen LogP contribution is 2.26. The van der Waals surface area contributed by atoms with E-state index in [1.165, 1.54) is 0 Å². The number of carbonyl (C=O) groups excluding carboxylic acids is 2. The molecule has 1 aromatic carbocycles. The van der Waals surface area contributed by atoms with Crippen molar-refractivity contribution in [3.8, 4) is 12.3 Å². The maximum Gasteiger partial charge on any atom is 0.211 e. The maximum atomic E-state index is 12.1. The third-order valence-electron chi connectivity index (χ3n) is 2.43. The molecule has 0 bridgehead atoms. The number of Topliss-reactive ketones (excluding diaryl/α,β-unsaturated/α-hetero) is 2. The molecule has 0 saturated carbocycles. The van der Waals surface area contributed by atoms with Crippen molar-refractivity contribution in [2.75, 3.05) is 6.54 Å². The van der Waals surface area contributed by atoms with E-state index in [2.05, 4.69) is 11.2 Å². The van der Waals surface area contributed by atoms with Gasteiger partial charge < -0.3 is 5.32 Å². The lowest BCUT2D eigenvalue weighted by molar-refractivity contribution is 0.0975. The maximum absolute atomic E-state index is 12.1. The molecule has 0 unspecified atom stereocenters. The molecule has 1 aliphatic carbocycles. The molecule has 3 nitrogen and oxygen atoms in total. The highest BCUT2D eigenvalue weighted by Gasteiger charge is 2.30. The lowest BCUT2D eigenvalue weighted by Crippen LogP contribution is -2.29. The molecule has 0 aliphatic heterocycles. The van der Waals surface area contributed by atoms with Crippen LogP contribution >= 0.6 is 11.6 Å². The Balaban J connectivity index is 2.51. The van der Waals surface area contributed by atoms with E-state index in [1.54, 1.807) is 24.3 Å². The number of hydrogen-bond donors (Lipinski definition) is 1. The minimum atomic E-state index is -0.360. The lowest BCUT2D eigenvalue weighted by atomic mass is 9.92. The predicted octanol–water partition coefficient (Wildman–Crippen LogP) is 1.74. The molecule has 84 valence electrons. The van der Waals surface area contributed by atoms with Crippen molar-refractivity contribution >= 4 is 23.2 Å². The summed E-state index contributed by atoms with van der Waals surface area (Å²) in [4.78, 5) is 24.0. The molecule has 0 fully saturated rings. The van der Waals surface area contributed by atoms with Gasteiger partial charge in [0.25, 0.3) is 0 Å². The number of rotatable bonds is 2. The summed E-state index contributed by atoms with van der Waals surface area (Å²) in [5.74, 6) is 1.66. The summed E-state index contributed by atoms with van der Waals surface area (Å²) < 4.78 is 0. The van der Waals surface area contributed by atoms with Crippen LogP contribution in [0, 0.1) is 12.3 Å². The summed E-state index contributed by atoms with van der Waals surface area (Å²) in [5, 5.41) is 2.58. The van der Waals surface area contributed by atoms with Crippen LogP contribution in [0.4, 0.5) is 0 Å². The number of carbonyl (C=O) groups is 2. The van der Waals surface area contributed by atoms with Gasteiger partial charge in [-0.15, -0.1) is 6.42 Å². The van der Waals surface area contributed by atoms with Gasteiger partial charge in [0.2, 0.25) is 11.6 Å². The molecule has 0 saturated heterocycles. The van der Waals surface area contributed by atoms with Crippen molar-refractivity contribution in [3.05, 3.63) is 46.1 Å². The van der Waals surface area contributed by atoms with Gasteiger partial charge in [0.15, 0.2) is 0 Å². The molecule has 0 spiro atoms. The van der Waals surface area contributed by atoms with Gasteiger partial charge in [-0.3, -0.25) is 9.59 Å². The van der Waals surface area contributed by atoms with E-state index in [0.29, 0.717) is 11.1 Å². The molecule has 1 aromatic rings. The molecular formula is C13H8ClNO2. The van der Waals surface area contributed by atoms with Crippen LogP contribution in [-0.4, -0.2) is 18.1 Å². The molecule has 1 aliphatic rings. The zero-order valence-corrected chi connectivity index (χ0v) is 9.54. The van der Waals surface area contributed by atoms with Crippen LogP contribution in [0.15, 0.2) is 35.0 Å². The van der Waals surface area contributed by atoms with Gasteiger partial charge in [-0.2, -0.15) is 0 Å². The monoisotopic (exact) mass is 245 g/mol. The molecule has 0 radical (unpaired) electrons. The quantitative estimate of drug-likeness (QED) is 0.808. The van der Waals surface area contributed by atoms with Crippen molar-refractivity contribution in [1.29, 1.82) is 0 Å². The summed E-state index contributed by atoms with van der Waals surface area (Å²) in [5.41, 5.74) is 0.753. The second kappa shape index (κ2) is 4.44. The Bertz CT molecular complexity index is 581. The summed E-state index contributed by atoms with van der Waals surface area (Å²) in [7, 11) is 0. The molecule has 17 heavy (non-hydrogen) atoms. The van der Waals surface area contributed by atoms with Crippen molar-refractivity contribution in [2.45, 2.75) is 0 Å². The Morgan fingerprint density at radius 1 is 1.18 bits per heavy atom. The Morgan fingerprint density at radius 2 is 1.76 bits per heavy atom. The first kappa shape index (κ1) is 11.4. The first-order valence-corrected chi connectivity index (χ1v) is 5.30. The number of fused-ring (bicyclic) bond motifs is 1. The van der Waals surface area contributed by atoms with E-state index in [-0.39, 0.29) is 28.8 Å². The standard InChI is InChI=1S/C13H8ClNO2/c1-2-7-15-11-10(14)12(16)8-5-3-4-6-9(8)13(11)17/h1,3-6,15H,7H2. The van der Waals surface area contributed by atoms with Gasteiger partial charge in [-0.1, -0.05) is 41.8 Å². The number of benzene rings is 1. The van der Waals surface area contributed by atoms with Gasteiger partial charge in [0, 0.05) is 11.1 Å². The lowest BCUT2D eigenvalue weighted by Gasteiger charge is -2.17. The number of terminal acetylenes is 1. The average Bonchev–Trinajstić information content (AvgIpc) is 2.36. The zero-order valence-electron chi connectivity index (χ0n) is 8.79. The summed E-state index contributed by atoms with van der Waals surface area (Å²) in [6.45, 7) is 0.146.